The molecule has 28 heavy (non-hydrogen) atoms. The first-order valence-corrected chi connectivity index (χ1v) is 10.2. The van der Waals surface area contributed by atoms with Gasteiger partial charge < -0.3 is 10.2 Å². The van der Waals surface area contributed by atoms with E-state index in [0.717, 1.165) is 35.3 Å². The molecule has 1 N–H and O–H groups in total. The summed E-state index contributed by atoms with van der Waals surface area (Å²) in [6.07, 6.45) is 4.32. The van der Waals surface area contributed by atoms with Gasteiger partial charge in [-0.15, -0.1) is 0 Å². The Kier molecular flexibility index (Phi) is 5.77. The lowest BCUT2D eigenvalue weighted by atomic mass is 9.75. The van der Waals surface area contributed by atoms with Crippen LogP contribution in [0.25, 0.3) is 0 Å². The highest BCUT2D eigenvalue weighted by atomic mass is 16.2. The summed E-state index contributed by atoms with van der Waals surface area (Å²) in [4.78, 5) is 40.8. The number of urea groups is 1. The number of imide groups is 1. The molecule has 1 aromatic rings. The second-order valence-corrected chi connectivity index (χ2v) is 8.43. The van der Waals surface area contributed by atoms with Crippen molar-refractivity contribution in [1.82, 2.24) is 15.1 Å². The van der Waals surface area contributed by atoms with Crippen LogP contribution >= 0.6 is 0 Å². The molecular formula is C22H31N3O3. The van der Waals surface area contributed by atoms with Crippen molar-refractivity contribution in [3.8, 4) is 0 Å². The molecule has 1 aliphatic heterocycles. The third-order valence-electron chi connectivity index (χ3n) is 6.41. The quantitative estimate of drug-likeness (QED) is 0.792. The Balaban J connectivity index is 1.63. The Morgan fingerprint density at radius 3 is 2.54 bits per heavy atom. The smallest absolute Gasteiger partial charge is 0.325 e. The van der Waals surface area contributed by atoms with Crippen LogP contribution in [0.1, 0.15) is 55.7 Å². The number of nitrogens with zero attached hydrogens (tertiary/aromatic N) is 2. The first-order valence-electron chi connectivity index (χ1n) is 10.2. The molecule has 3 rings (SSSR count). The average Bonchev–Trinajstić information content (AvgIpc) is 2.88. The van der Waals surface area contributed by atoms with Gasteiger partial charge in [0.25, 0.3) is 5.91 Å². The molecule has 6 nitrogen and oxygen atoms in total. The van der Waals surface area contributed by atoms with Gasteiger partial charge in [-0.3, -0.25) is 14.5 Å². The maximum atomic E-state index is 13.0. The minimum atomic E-state index is -0.796. The van der Waals surface area contributed by atoms with Gasteiger partial charge in [0.2, 0.25) is 5.91 Å². The fraction of sp³-hybridized carbons (Fsp3) is 0.591. The van der Waals surface area contributed by atoms with Crippen LogP contribution in [0.4, 0.5) is 4.79 Å². The maximum absolute atomic E-state index is 13.0. The molecule has 1 heterocycles. The predicted octanol–water partition coefficient (Wildman–Crippen LogP) is 3.15. The fourth-order valence-electron chi connectivity index (χ4n) is 4.36. The van der Waals surface area contributed by atoms with E-state index < -0.39 is 11.6 Å². The number of benzene rings is 1. The van der Waals surface area contributed by atoms with Gasteiger partial charge in [0.1, 0.15) is 12.1 Å². The zero-order valence-corrected chi connectivity index (χ0v) is 17.4. The van der Waals surface area contributed by atoms with Gasteiger partial charge in [-0.25, -0.2) is 4.79 Å². The number of likely N-dealkylation sites (N-methyl/N-ethyl adjacent to an activating group) is 1. The number of carbonyl (C=O) groups is 3. The molecule has 6 heteroatoms. The Hall–Kier alpha value is -2.37. The molecule has 0 aromatic heterocycles. The van der Waals surface area contributed by atoms with Crippen molar-refractivity contribution in [2.45, 2.75) is 65.0 Å². The lowest BCUT2D eigenvalue weighted by Gasteiger charge is -2.34. The molecule has 2 fully saturated rings. The number of hydrogen-bond acceptors (Lipinski definition) is 3. The average molecular weight is 386 g/mol. The Morgan fingerprint density at radius 1 is 1.25 bits per heavy atom. The lowest BCUT2D eigenvalue weighted by Crippen LogP contribution is -2.50. The molecule has 152 valence electrons. The summed E-state index contributed by atoms with van der Waals surface area (Å²) in [6, 6.07) is 5.69. The Labute approximate surface area is 167 Å². The van der Waals surface area contributed by atoms with Gasteiger partial charge in [-0.05, 0) is 56.6 Å². The Bertz CT molecular complexity index is 781. The van der Waals surface area contributed by atoms with Gasteiger partial charge in [0, 0.05) is 13.6 Å². The molecule has 0 radical (unpaired) electrons. The van der Waals surface area contributed by atoms with Gasteiger partial charge in [0.05, 0.1) is 0 Å². The van der Waals surface area contributed by atoms with E-state index in [1.54, 1.807) is 11.9 Å². The topological polar surface area (TPSA) is 69.7 Å². The predicted molar refractivity (Wildman–Crippen MR) is 108 cm³/mol. The van der Waals surface area contributed by atoms with Gasteiger partial charge in [-0.1, -0.05) is 37.1 Å². The highest BCUT2D eigenvalue weighted by Crippen LogP contribution is 2.37. The minimum Gasteiger partial charge on any atom is -0.340 e. The SMILES string of the molecule is CCC1CCC2(CC1)NC(=O)N(CC(=O)N(C)Cc1ccc(C)cc1C)C2=O. The highest BCUT2D eigenvalue weighted by molar-refractivity contribution is 6.09. The molecule has 0 atom stereocenters. The van der Waals surface area contributed by atoms with Crippen molar-refractivity contribution < 1.29 is 14.4 Å². The molecular weight excluding hydrogens is 354 g/mol. The van der Waals surface area contributed by atoms with E-state index in [-0.39, 0.29) is 18.4 Å². The summed E-state index contributed by atoms with van der Waals surface area (Å²) in [7, 11) is 1.71. The largest absolute Gasteiger partial charge is 0.340 e. The summed E-state index contributed by atoms with van der Waals surface area (Å²) < 4.78 is 0. The standard InChI is InChI=1S/C22H31N3O3/c1-5-17-8-10-22(11-9-17)20(27)25(21(28)23-22)14-19(26)24(4)13-18-7-6-15(2)12-16(18)3/h6-7,12,17H,5,8-11,13-14H2,1-4H3,(H,23,28). The van der Waals surface area contributed by atoms with Crippen LogP contribution in [0.5, 0.6) is 0 Å². The molecule has 1 aliphatic carbocycles. The third kappa shape index (κ3) is 3.91. The number of rotatable bonds is 5. The summed E-state index contributed by atoms with van der Waals surface area (Å²) >= 11 is 0. The van der Waals surface area contributed by atoms with Crippen molar-refractivity contribution in [2.75, 3.05) is 13.6 Å². The molecule has 1 aromatic carbocycles. The third-order valence-corrected chi connectivity index (χ3v) is 6.41. The van der Waals surface area contributed by atoms with Crippen molar-refractivity contribution in [2.24, 2.45) is 5.92 Å². The second kappa shape index (κ2) is 7.94. The van der Waals surface area contributed by atoms with Crippen molar-refractivity contribution in [1.29, 1.82) is 0 Å². The van der Waals surface area contributed by atoms with Crippen molar-refractivity contribution in [3.05, 3.63) is 34.9 Å². The summed E-state index contributed by atoms with van der Waals surface area (Å²) in [5.41, 5.74) is 2.57. The van der Waals surface area contributed by atoms with Crippen LogP contribution in [0.3, 0.4) is 0 Å². The molecule has 1 saturated heterocycles. The first-order chi connectivity index (χ1) is 13.3. The number of aryl methyl sites for hydroxylation is 2. The van der Waals surface area contributed by atoms with E-state index in [2.05, 4.69) is 18.3 Å². The van der Waals surface area contributed by atoms with E-state index in [4.69, 9.17) is 0 Å². The van der Waals surface area contributed by atoms with Crippen LogP contribution in [0.15, 0.2) is 18.2 Å². The zero-order chi connectivity index (χ0) is 20.5. The molecule has 0 bridgehead atoms. The molecule has 0 unspecified atom stereocenters. The summed E-state index contributed by atoms with van der Waals surface area (Å²) in [5.74, 6) is 0.151. The van der Waals surface area contributed by atoms with E-state index >= 15 is 0 Å². The molecule has 1 spiro atoms. The van der Waals surface area contributed by atoms with E-state index in [1.165, 1.54) is 5.56 Å². The van der Waals surface area contributed by atoms with Crippen LogP contribution in [0, 0.1) is 19.8 Å². The summed E-state index contributed by atoms with van der Waals surface area (Å²) in [6.45, 7) is 6.47. The van der Waals surface area contributed by atoms with E-state index in [0.29, 0.717) is 25.3 Å². The fourth-order valence-corrected chi connectivity index (χ4v) is 4.36. The number of nitrogens with one attached hydrogen (secondary N) is 1. The maximum Gasteiger partial charge on any atom is 0.325 e. The van der Waals surface area contributed by atoms with Crippen LogP contribution in [-0.4, -0.2) is 46.8 Å². The van der Waals surface area contributed by atoms with E-state index in [1.807, 2.05) is 26.0 Å². The van der Waals surface area contributed by atoms with Gasteiger partial charge in [-0.2, -0.15) is 0 Å². The first kappa shape index (κ1) is 20.4. The molecule has 1 saturated carbocycles. The Morgan fingerprint density at radius 2 is 1.93 bits per heavy atom. The van der Waals surface area contributed by atoms with E-state index in [9.17, 15) is 14.4 Å². The van der Waals surface area contributed by atoms with Crippen LogP contribution < -0.4 is 5.32 Å². The molecule has 2 aliphatic rings. The molecule has 4 amide bonds. The highest BCUT2D eigenvalue weighted by Gasteiger charge is 2.52. The zero-order valence-electron chi connectivity index (χ0n) is 17.4. The monoisotopic (exact) mass is 385 g/mol. The van der Waals surface area contributed by atoms with Crippen molar-refractivity contribution >= 4 is 17.8 Å². The van der Waals surface area contributed by atoms with Crippen molar-refractivity contribution in [3.63, 3.8) is 0 Å². The summed E-state index contributed by atoms with van der Waals surface area (Å²) in [5, 5.41) is 2.89. The van der Waals surface area contributed by atoms with Crippen LogP contribution in [-0.2, 0) is 16.1 Å². The number of hydrogen-bond donors (Lipinski definition) is 1. The lowest BCUT2D eigenvalue weighted by molar-refractivity contribution is -0.139. The normalized spacial score (nSPS) is 24.6. The number of carbonyl (C=O) groups excluding carboxylic acids is 3. The van der Waals surface area contributed by atoms with Crippen LogP contribution in [0.2, 0.25) is 0 Å². The van der Waals surface area contributed by atoms with Gasteiger partial charge in [0.15, 0.2) is 0 Å². The minimum absolute atomic E-state index is 0.203. The van der Waals surface area contributed by atoms with Gasteiger partial charge >= 0.3 is 6.03 Å². The number of amides is 4. The second-order valence-electron chi connectivity index (χ2n) is 8.43.